The van der Waals surface area contributed by atoms with Crippen molar-refractivity contribution in [3.63, 3.8) is 0 Å². The summed E-state index contributed by atoms with van der Waals surface area (Å²) in [4.78, 5) is 10.9. The summed E-state index contributed by atoms with van der Waals surface area (Å²) < 4.78 is 4.46. The molecule has 0 radical (unpaired) electrons. The van der Waals surface area contributed by atoms with Crippen LogP contribution < -0.4 is 5.32 Å². The molecule has 0 atom stereocenters. The number of carbonyl (C=O) groups excluding carboxylic acids is 1. The van der Waals surface area contributed by atoms with Crippen LogP contribution in [0.1, 0.15) is 0 Å². The molecule has 62 valence electrons. The number of carbonyl (C=O) groups is 1. The second kappa shape index (κ2) is 5.80. The third-order valence-corrected chi connectivity index (χ3v) is 1.09. The van der Waals surface area contributed by atoms with Gasteiger partial charge in [-0.25, -0.2) is 4.79 Å². The van der Waals surface area contributed by atoms with Gasteiger partial charge in [0.2, 0.25) is 0 Å². The smallest absolute Gasteiger partial charge is 0.339 e. The van der Waals surface area contributed by atoms with Gasteiger partial charge in [-0.1, -0.05) is 11.6 Å². The van der Waals surface area contributed by atoms with Gasteiger partial charge in [-0.15, -0.1) is 0 Å². The lowest BCUT2D eigenvalue weighted by Crippen LogP contribution is -2.06. The van der Waals surface area contributed by atoms with Crippen LogP contribution in [-0.2, 0) is 9.53 Å². The summed E-state index contributed by atoms with van der Waals surface area (Å²) >= 11 is 5.28. The maximum Gasteiger partial charge on any atom is 0.339 e. The van der Waals surface area contributed by atoms with Crippen LogP contribution in [0.5, 0.6) is 0 Å². The lowest BCUT2D eigenvalue weighted by molar-refractivity contribution is -0.135. The van der Waals surface area contributed by atoms with Crippen molar-refractivity contribution in [2.75, 3.05) is 14.2 Å². The molecule has 0 aromatic rings. The van der Waals surface area contributed by atoms with E-state index < -0.39 is 5.97 Å². The molecule has 0 fully saturated rings. The Morgan fingerprint density at radius 1 is 1.64 bits per heavy atom. The molecular formula is C7H10ClNO2. The highest BCUT2D eigenvalue weighted by Gasteiger charge is 2.03. The fourth-order valence-electron chi connectivity index (χ4n) is 0.516. The van der Waals surface area contributed by atoms with E-state index >= 15 is 0 Å². The van der Waals surface area contributed by atoms with Gasteiger partial charge in [0.05, 0.1) is 12.7 Å². The molecule has 0 aliphatic carbocycles. The predicted molar refractivity (Wildman–Crippen MR) is 44.2 cm³/mol. The largest absolute Gasteiger partial charge is 0.465 e. The summed E-state index contributed by atoms with van der Waals surface area (Å²) in [5, 5.41) is 2.70. The van der Waals surface area contributed by atoms with E-state index in [1.165, 1.54) is 24.9 Å². The SMILES string of the molecule is CN/C=C(\C=C\Cl)C(=O)OC. The molecule has 0 heterocycles. The lowest BCUT2D eigenvalue weighted by atomic mass is 10.3. The first-order valence-corrected chi connectivity index (χ1v) is 3.42. The number of nitrogens with one attached hydrogen (secondary N) is 1. The third-order valence-electron chi connectivity index (χ3n) is 0.963. The van der Waals surface area contributed by atoms with Crippen molar-refractivity contribution in [2.24, 2.45) is 0 Å². The Morgan fingerprint density at radius 2 is 2.27 bits per heavy atom. The number of ether oxygens (including phenoxy) is 1. The van der Waals surface area contributed by atoms with Gasteiger partial charge in [-0.05, 0) is 6.08 Å². The van der Waals surface area contributed by atoms with Crippen LogP contribution in [0.15, 0.2) is 23.4 Å². The molecule has 1 N–H and O–H groups in total. The summed E-state index contributed by atoms with van der Waals surface area (Å²) in [6.45, 7) is 0. The van der Waals surface area contributed by atoms with Gasteiger partial charge in [0, 0.05) is 18.8 Å². The van der Waals surface area contributed by atoms with Crippen molar-refractivity contribution in [3.8, 4) is 0 Å². The zero-order valence-corrected chi connectivity index (χ0v) is 7.18. The first kappa shape index (κ1) is 10.0. The number of esters is 1. The number of rotatable bonds is 3. The summed E-state index contributed by atoms with van der Waals surface area (Å²) in [6.07, 6.45) is 2.95. The van der Waals surface area contributed by atoms with Crippen LogP contribution in [-0.4, -0.2) is 20.1 Å². The fourth-order valence-corrected chi connectivity index (χ4v) is 0.652. The Kier molecular flexibility index (Phi) is 5.29. The van der Waals surface area contributed by atoms with Crippen LogP contribution >= 0.6 is 11.6 Å². The van der Waals surface area contributed by atoms with E-state index in [-0.39, 0.29) is 0 Å². The average Bonchev–Trinajstić information content (AvgIpc) is 2.03. The van der Waals surface area contributed by atoms with Crippen molar-refractivity contribution in [1.29, 1.82) is 0 Å². The van der Waals surface area contributed by atoms with Gasteiger partial charge >= 0.3 is 5.97 Å². The zero-order chi connectivity index (χ0) is 8.69. The first-order chi connectivity index (χ1) is 5.26. The number of hydrogen-bond donors (Lipinski definition) is 1. The highest BCUT2D eigenvalue weighted by atomic mass is 35.5. The van der Waals surface area contributed by atoms with Gasteiger partial charge in [0.15, 0.2) is 0 Å². The molecular weight excluding hydrogens is 166 g/mol. The minimum absolute atomic E-state index is 0.380. The van der Waals surface area contributed by atoms with E-state index in [0.717, 1.165) is 0 Å². The Balaban J connectivity index is 4.34. The molecule has 11 heavy (non-hydrogen) atoms. The van der Waals surface area contributed by atoms with E-state index in [0.29, 0.717) is 5.57 Å². The summed E-state index contributed by atoms with van der Waals surface area (Å²) in [6, 6.07) is 0. The van der Waals surface area contributed by atoms with Gasteiger partial charge < -0.3 is 10.1 Å². The molecule has 0 aliphatic rings. The van der Waals surface area contributed by atoms with Gasteiger partial charge in [0.1, 0.15) is 0 Å². The summed E-state index contributed by atoms with van der Waals surface area (Å²) in [5.74, 6) is -0.420. The van der Waals surface area contributed by atoms with E-state index in [4.69, 9.17) is 11.6 Å². The molecule has 0 spiro atoms. The van der Waals surface area contributed by atoms with Crippen LogP contribution in [0.4, 0.5) is 0 Å². The molecule has 4 heteroatoms. The highest BCUT2D eigenvalue weighted by Crippen LogP contribution is 1.98. The van der Waals surface area contributed by atoms with Crippen molar-refractivity contribution in [1.82, 2.24) is 5.32 Å². The Labute approximate surface area is 70.7 Å². The van der Waals surface area contributed by atoms with E-state index in [1.54, 1.807) is 7.05 Å². The first-order valence-electron chi connectivity index (χ1n) is 2.98. The molecule has 0 aliphatic heterocycles. The number of hydrogen-bond acceptors (Lipinski definition) is 3. The monoisotopic (exact) mass is 175 g/mol. The predicted octanol–water partition coefficient (Wildman–Crippen LogP) is 1.02. The highest BCUT2D eigenvalue weighted by molar-refractivity contribution is 6.25. The summed E-state index contributed by atoms with van der Waals surface area (Å²) in [7, 11) is 3.00. The third kappa shape index (κ3) is 3.68. The molecule has 0 rings (SSSR count). The average molecular weight is 176 g/mol. The Bertz CT molecular complexity index is 187. The van der Waals surface area contributed by atoms with Crippen molar-refractivity contribution >= 4 is 17.6 Å². The minimum atomic E-state index is -0.420. The lowest BCUT2D eigenvalue weighted by Gasteiger charge is -1.97. The van der Waals surface area contributed by atoms with E-state index in [1.807, 2.05) is 0 Å². The van der Waals surface area contributed by atoms with Gasteiger partial charge in [0.25, 0.3) is 0 Å². The normalized spacial score (nSPS) is 11.7. The second-order valence-corrected chi connectivity index (χ2v) is 1.92. The molecule has 0 saturated carbocycles. The van der Waals surface area contributed by atoms with Crippen molar-refractivity contribution in [3.05, 3.63) is 23.4 Å². The molecule has 0 unspecified atom stereocenters. The van der Waals surface area contributed by atoms with Crippen molar-refractivity contribution < 1.29 is 9.53 Å². The molecule has 0 amide bonds. The van der Waals surface area contributed by atoms with E-state index in [2.05, 4.69) is 10.1 Å². The van der Waals surface area contributed by atoms with Crippen molar-refractivity contribution in [2.45, 2.75) is 0 Å². The number of halogens is 1. The topological polar surface area (TPSA) is 38.3 Å². The second-order valence-electron chi connectivity index (χ2n) is 1.67. The molecule has 0 saturated heterocycles. The minimum Gasteiger partial charge on any atom is -0.465 e. The fraction of sp³-hybridized carbons (Fsp3) is 0.286. The van der Waals surface area contributed by atoms with Crippen LogP contribution in [0, 0.1) is 0 Å². The van der Waals surface area contributed by atoms with Crippen LogP contribution in [0.2, 0.25) is 0 Å². The Hall–Kier alpha value is -0.960. The molecule has 0 aromatic heterocycles. The standard InChI is InChI=1S/C7H10ClNO2/c1-9-5-6(3-4-8)7(10)11-2/h3-5,9H,1-2H3/b4-3+,6-5+. The quantitative estimate of drug-likeness (QED) is 0.395. The van der Waals surface area contributed by atoms with Gasteiger partial charge in [-0.2, -0.15) is 0 Å². The van der Waals surface area contributed by atoms with Gasteiger partial charge in [-0.3, -0.25) is 0 Å². The zero-order valence-electron chi connectivity index (χ0n) is 6.43. The Morgan fingerprint density at radius 3 is 2.64 bits per heavy atom. The maximum atomic E-state index is 10.9. The van der Waals surface area contributed by atoms with Crippen LogP contribution in [0.3, 0.4) is 0 Å². The molecule has 0 bridgehead atoms. The van der Waals surface area contributed by atoms with E-state index in [9.17, 15) is 4.79 Å². The number of methoxy groups -OCH3 is 1. The molecule has 3 nitrogen and oxygen atoms in total. The van der Waals surface area contributed by atoms with Crippen LogP contribution in [0.25, 0.3) is 0 Å². The molecule has 0 aromatic carbocycles. The summed E-state index contributed by atoms with van der Waals surface area (Å²) in [5.41, 5.74) is 1.63. The maximum absolute atomic E-state index is 10.9.